The van der Waals surface area contributed by atoms with Gasteiger partial charge in [0, 0.05) is 31.7 Å². The molecule has 0 aliphatic heterocycles. The highest BCUT2D eigenvalue weighted by atomic mass is 16.5. The average Bonchev–Trinajstić information content (AvgIpc) is 3.43. The summed E-state index contributed by atoms with van der Waals surface area (Å²) < 4.78 is 7.88. The Hall–Kier alpha value is -3.35. The minimum atomic E-state index is -0.210. The molecule has 3 aromatic rings. The number of benzene rings is 1. The van der Waals surface area contributed by atoms with Gasteiger partial charge in [-0.15, -0.1) is 0 Å². The monoisotopic (exact) mass is 405 g/mol. The van der Waals surface area contributed by atoms with Crippen LogP contribution in [0.1, 0.15) is 42.6 Å². The first-order valence-electron chi connectivity index (χ1n) is 10.4. The second kappa shape index (κ2) is 9.43. The third kappa shape index (κ3) is 5.17. The van der Waals surface area contributed by atoms with Crippen molar-refractivity contribution in [3.63, 3.8) is 0 Å². The molecule has 1 aliphatic rings. The number of ether oxygens (including phenoxy) is 1. The van der Waals surface area contributed by atoms with Gasteiger partial charge in [-0.3, -0.25) is 4.57 Å². The smallest absolute Gasteiger partial charge is 0.315 e. The van der Waals surface area contributed by atoms with Gasteiger partial charge in [0.05, 0.1) is 6.10 Å². The maximum atomic E-state index is 12.2. The normalized spacial score (nSPS) is 13.9. The van der Waals surface area contributed by atoms with E-state index in [1.807, 2.05) is 54.1 Å². The molecule has 2 amide bonds. The van der Waals surface area contributed by atoms with Crippen LogP contribution in [0.2, 0.25) is 0 Å². The van der Waals surface area contributed by atoms with Crippen LogP contribution in [-0.4, -0.2) is 26.7 Å². The van der Waals surface area contributed by atoms with Crippen molar-refractivity contribution in [3.8, 4) is 11.6 Å². The van der Waals surface area contributed by atoms with Crippen molar-refractivity contribution in [2.45, 2.75) is 51.8 Å². The molecule has 1 saturated carbocycles. The number of hydrogen-bond donors (Lipinski definition) is 2. The zero-order chi connectivity index (χ0) is 20.8. The summed E-state index contributed by atoms with van der Waals surface area (Å²) in [6.45, 7) is 2.81. The lowest BCUT2D eigenvalue weighted by atomic mass is 10.2. The van der Waals surface area contributed by atoms with Crippen LogP contribution in [0.4, 0.5) is 4.79 Å². The molecule has 30 heavy (non-hydrogen) atoms. The van der Waals surface area contributed by atoms with Crippen molar-refractivity contribution in [2.24, 2.45) is 0 Å². The van der Waals surface area contributed by atoms with Crippen LogP contribution in [0.15, 0.2) is 55.0 Å². The number of aryl methyl sites for hydroxylation is 1. The maximum Gasteiger partial charge on any atom is 0.315 e. The van der Waals surface area contributed by atoms with E-state index in [2.05, 4.69) is 20.6 Å². The first-order valence-corrected chi connectivity index (χ1v) is 10.4. The zero-order valence-electron chi connectivity index (χ0n) is 17.2. The molecule has 2 aromatic heterocycles. The molecule has 0 unspecified atom stereocenters. The largest absolute Gasteiger partial charge is 0.490 e. The molecule has 7 nitrogen and oxygen atoms in total. The number of carbonyl (C=O) groups excluding carboxylic acids is 1. The molecule has 0 atom stereocenters. The molecule has 7 heteroatoms. The number of hydrogen-bond acceptors (Lipinski definition) is 4. The summed E-state index contributed by atoms with van der Waals surface area (Å²) in [5.41, 5.74) is 2.00. The van der Waals surface area contributed by atoms with E-state index in [4.69, 9.17) is 4.74 Å². The van der Waals surface area contributed by atoms with Crippen molar-refractivity contribution < 1.29 is 9.53 Å². The Balaban J connectivity index is 1.24. The number of amides is 2. The van der Waals surface area contributed by atoms with E-state index in [0.29, 0.717) is 19.2 Å². The van der Waals surface area contributed by atoms with Gasteiger partial charge in [0.15, 0.2) is 0 Å². The summed E-state index contributed by atoms with van der Waals surface area (Å²) in [6, 6.07) is 11.6. The number of pyridine rings is 1. The van der Waals surface area contributed by atoms with Gasteiger partial charge in [-0.2, -0.15) is 0 Å². The number of urea groups is 1. The highest BCUT2D eigenvalue weighted by molar-refractivity contribution is 5.73. The van der Waals surface area contributed by atoms with E-state index in [9.17, 15) is 4.79 Å². The van der Waals surface area contributed by atoms with Crippen molar-refractivity contribution >= 4 is 6.03 Å². The minimum Gasteiger partial charge on any atom is -0.490 e. The summed E-state index contributed by atoms with van der Waals surface area (Å²) in [5.74, 6) is 2.55. The second-order valence-corrected chi connectivity index (χ2v) is 7.57. The van der Waals surface area contributed by atoms with E-state index in [0.717, 1.165) is 41.4 Å². The van der Waals surface area contributed by atoms with Gasteiger partial charge < -0.3 is 15.4 Å². The highest BCUT2D eigenvalue weighted by Crippen LogP contribution is 2.24. The Kier molecular flexibility index (Phi) is 6.27. The van der Waals surface area contributed by atoms with Crippen LogP contribution in [0.5, 0.6) is 5.75 Å². The van der Waals surface area contributed by atoms with Crippen molar-refractivity contribution in [3.05, 3.63) is 71.9 Å². The van der Waals surface area contributed by atoms with Crippen LogP contribution in [0.25, 0.3) is 5.82 Å². The zero-order valence-corrected chi connectivity index (χ0v) is 17.2. The number of nitrogens with one attached hydrogen (secondary N) is 2. The fraction of sp³-hybridized carbons (Fsp3) is 0.348. The van der Waals surface area contributed by atoms with Gasteiger partial charge in [0.1, 0.15) is 17.4 Å². The van der Waals surface area contributed by atoms with Crippen LogP contribution < -0.4 is 15.4 Å². The molecule has 4 rings (SSSR count). The summed E-state index contributed by atoms with van der Waals surface area (Å²) in [4.78, 5) is 20.8. The molecular weight excluding hydrogens is 378 g/mol. The van der Waals surface area contributed by atoms with Gasteiger partial charge in [0.2, 0.25) is 0 Å². The molecule has 0 spiro atoms. The van der Waals surface area contributed by atoms with Gasteiger partial charge in [-0.1, -0.05) is 12.1 Å². The number of imidazole rings is 1. The highest BCUT2D eigenvalue weighted by Gasteiger charge is 2.16. The third-order valence-corrected chi connectivity index (χ3v) is 5.32. The van der Waals surface area contributed by atoms with Gasteiger partial charge in [0.25, 0.3) is 0 Å². The van der Waals surface area contributed by atoms with Crippen LogP contribution in [-0.2, 0) is 13.1 Å². The first kappa shape index (κ1) is 19.9. The minimum absolute atomic E-state index is 0.210. The SMILES string of the molecule is Cc1nccn1-c1cc(CNC(=O)NCc2ccc(OC3CCCC3)cc2)ccn1. The van der Waals surface area contributed by atoms with Gasteiger partial charge in [-0.25, -0.2) is 14.8 Å². The Labute approximate surface area is 176 Å². The standard InChI is InChI=1S/C23H27N5O2/c1-17-24-12-13-28(17)22-14-19(10-11-25-22)16-27-23(29)26-15-18-6-8-21(9-7-18)30-20-4-2-3-5-20/h6-14,20H,2-5,15-16H2,1H3,(H2,26,27,29). The predicted molar refractivity (Wildman–Crippen MR) is 114 cm³/mol. The summed E-state index contributed by atoms with van der Waals surface area (Å²) >= 11 is 0. The summed E-state index contributed by atoms with van der Waals surface area (Å²) in [6.07, 6.45) is 10.5. The molecular formula is C23H27N5O2. The molecule has 1 aliphatic carbocycles. The second-order valence-electron chi connectivity index (χ2n) is 7.57. The number of aromatic nitrogens is 3. The Bertz CT molecular complexity index is 977. The van der Waals surface area contributed by atoms with Crippen molar-refractivity contribution in [1.82, 2.24) is 25.2 Å². The lowest BCUT2D eigenvalue weighted by Gasteiger charge is -2.13. The van der Waals surface area contributed by atoms with Crippen molar-refractivity contribution in [1.29, 1.82) is 0 Å². The molecule has 0 saturated heterocycles. The lowest BCUT2D eigenvalue weighted by Crippen LogP contribution is -2.34. The quantitative estimate of drug-likeness (QED) is 0.625. The van der Waals surface area contributed by atoms with Gasteiger partial charge in [-0.05, 0) is 68.0 Å². The third-order valence-electron chi connectivity index (χ3n) is 5.32. The van der Waals surface area contributed by atoms with E-state index >= 15 is 0 Å². The van der Waals surface area contributed by atoms with Gasteiger partial charge >= 0.3 is 6.03 Å². The van der Waals surface area contributed by atoms with E-state index in [-0.39, 0.29) is 6.03 Å². The topological polar surface area (TPSA) is 81.1 Å². The van der Waals surface area contributed by atoms with E-state index in [1.54, 1.807) is 12.4 Å². The maximum absolute atomic E-state index is 12.2. The van der Waals surface area contributed by atoms with Crippen molar-refractivity contribution in [2.75, 3.05) is 0 Å². The molecule has 2 heterocycles. The fourth-order valence-electron chi connectivity index (χ4n) is 3.63. The predicted octanol–water partition coefficient (Wildman–Crippen LogP) is 3.90. The van der Waals surface area contributed by atoms with E-state index in [1.165, 1.54) is 12.8 Å². The average molecular weight is 406 g/mol. The number of carbonyl (C=O) groups is 1. The Morgan fingerprint density at radius 3 is 2.47 bits per heavy atom. The number of nitrogens with zero attached hydrogens (tertiary/aromatic N) is 3. The number of rotatable bonds is 7. The molecule has 0 radical (unpaired) electrons. The van der Waals surface area contributed by atoms with E-state index < -0.39 is 0 Å². The van der Waals surface area contributed by atoms with Crippen LogP contribution in [0, 0.1) is 6.92 Å². The molecule has 1 fully saturated rings. The Morgan fingerprint density at radius 2 is 1.77 bits per heavy atom. The van der Waals surface area contributed by atoms with Crippen LogP contribution >= 0.6 is 0 Å². The summed E-state index contributed by atoms with van der Waals surface area (Å²) in [7, 11) is 0. The molecule has 156 valence electrons. The van der Waals surface area contributed by atoms with Crippen LogP contribution in [0.3, 0.4) is 0 Å². The fourth-order valence-corrected chi connectivity index (χ4v) is 3.63. The Morgan fingerprint density at radius 1 is 1.03 bits per heavy atom. The lowest BCUT2D eigenvalue weighted by molar-refractivity contribution is 0.210. The summed E-state index contributed by atoms with van der Waals surface area (Å²) in [5, 5.41) is 5.78. The molecule has 2 N–H and O–H groups in total. The molecule has 1 aromatic carbocycles. The first-order chi connectivity index (χ1) is 14.7. The molecule has 0 bridgehead atoms.